The summed E-state index contributed by atoms with van der Waals surface area (Å²) < 4.78 is 1.06. The van der Waals surface area contributed by atoms with Crippen molar-refractivity contribution in [2.75, 3.05) is 11.9 Å². The van der Waals surface area contributed by atoms with Crippen LogP contribution >= 0.6 is 15.9 Å². The predicted molar refractivity (Wildman–Crippen MR) is 86.0 cm³/mol. The molecule has 2 nitrogen and oxygen atoms in total. The summed E-state index contributed by atoms with van der Waals surface area (Å²) in [7, 11) is 2.08. The zero-order valence-electron chi connectivity index (χ0n) is 11.5. The molecule has 0 aliphatic carbocycles. The Morgan fingerprint density at radius 1 is 1.11 bits per heavy atom. The molecule has 0 amide bonds. The van der Waals surface area contributed by atoms with Gasteiger partial charge in [-0.05, 0) is 59.1 Å². The molecule has 0 saturated heterocycles. The van der Waals surface area contributed by atoms with Crippen LogP contribution in [0.5, 0.6) is 0 Å². The molecular weight excluding hydrogens is 300 g/mol. The quantitative estimate of drug-likeness (QED) is 0.899. The van der Waals surface area contributed by atoms with Crippen LogP contribution in [0.2, 0.25) is 0 Å². The van der Waals surface area contributed by atoms with Gasteiger partial charge in [-0.15, -0.1) is 0 Å². The maximum absolute atomic E-state index is 5.91. The molecule has 0 aliphatic heterocycles. The number of aryl methyl sites for hydroxylation is 1. The molecule has 1 unspecified atom stereocenters. The maximum Gasteiger partial charge on any atom is 0.0552 e. The minimum Gasteiger partial charge on any atom is -0.343 e. The number of anilines is 2. The summed E-state index contributed by atoms with van der Waals surface area (Å²) in [6.07, 6.45) is 0. The monoisotopic (exact) mass is 318 g/mol. The van der Waals surface area contributed by atoms with E-state index >= 15 is 0 Å². The molecule has 0 fully saturated rings. The smallest absolute Gasteiger partial charge is 0.0552 e. The number of rotatable bonds is 3. The number of hydrogen-bond donors (Lipinski definition) is 1. The van der Waals surface area contributed by atoms with Crippen LogP contribution in [0.1, 0.15) is 24.1 Å². The molecular formula is C16H19BrN2. The highest BCUT2D eigenvalue weighted by atomic mass is 79.9. The Hall–Kier alpha value is -1.32. The third kappa shape index (κ3) is 2.99. The molecule has 2 rings (SSSR count). The summed E-state index contributed by atoms with van der Waals surface area (Å²) in [5, 5.41) is 0. The number of halogens is 1. The van der Waals surface area contributed by atoms with Crippen molar-refractivity contribution in [3.8, 4) is 0 Å². The topological polar surface area (TPSA) is 29.3 Å². The van der Waals surface area contributed by atoms with Gasteiger partial charge in [0.15, 0.2) is 0 Å². The van der Waals surface area contributed by atoms with Crippen molar-refractivity contribution in [1.29, 1.82) is 0 Å². The highest BCUT2D eigenvalue weighted by Gasteiger charge is 2.11. The summed E-state index contributed by atoms with van der Waals surface area (Å²) in [5.41, 5.74) is 10.6. The molecule has 0 spiro atoms. The van der Waals surface area contributed by atoms with E-state index in [1.165, 1.54) is 11.3 Å². The van der Waals surface area contributed by atoms with Crippen LogP contribution in [0.4, 0.5) is 11.4 Å². The molecule has 2 aromatic carbocycles. The highest BCUT2D eigenvalue weighted by molar-refractivity contribution is 9.10. The average Bonchev–Trinajstić information content (AvgIpc) is 2.38. The Kier molecular flexibility index (Phi) is 4.27. The molecule has 0 radical (unpaired) electrons. The first-order valence-electron chi connectivity index (χ1n) is 6.35. The molecule has 3 heteroatoms. The summed E-state index contributed by atoms with van der Waals surface area (Å²) in [5.74, 6) is 0. The Morgan fingerprint density at radius 3 is 2.37 bits per heavy atom. The Labute approximate surface area is 123 Å². The second-order valence-electron chi connectivity index (χ2n) is 4.85. The van der Waals surface area contributed by atoms with Crippen molar-refractivity contribution in [2.24, 2.45) is 5.73 Å². The van der Waals surface area contributed by atoms with Crippen molar-refractivity contribution in [1.82, 2.24) is 0 Å². The van der Waals surface area contributed by atoms with E-state index in [2.05, 4.69) is 77.3 Å². The zero-order chi connectivity index (χ0) is 14.0. The second-order valence-corrected chi connectivity index (χ2v) is 5.70. The van der Waals surface area contributed by atoms with Gasteiger partial charge in [0.1, 0.15) is 0 Å². The molecule has 19 heavy (non-hydrogen) atoms. The van der Waals surface area contributed by atoms with E-state index in [-0.39, 0.29) is 6.04 Å². The SMILES string of the molecule is Cc1ccccc1N(C)c1ccc(C(C)N)cc1Br. The molecule has 2 aromatic rings. The van der Waals surface area contributed by atoms with Crippen molar-refractivity contribution >= 4 is 27.3 Å². The second kappa shape index (κ2) is 5.76. The van der Waals surface area contributed by atoms with Crippen molar-refractivity contribution in [3.63, 3.8) is 0 Å². The van der Waals surface area contributed by atoms with Crippen LogP contribution in [0.3, 0.4) is 0 Å². The lowest BCUT2D eigenvalue weighted by Crippen LogP contribution is -2.12. The van der Waals surface area contributed by atoms with E-state index in [0.717, 1.165) is 15.7 Å². The van der Waals surface area contributed by atoms with Gasteiger partial charge in [-0.3, -0.25) is 0 Å². The summed E-state index contributed by atoms with van der Waals surface area (Å²) in [6.45, 7) is 4.11. The third-order valence-electron chi connectivity index (χ3n) is 3.34. The molecule has 0 aliphatic rings. The summed E-state index contributed by atoms with van der Waals surface area (Å²) in [4.78, 5) is 2.18. The van der Waals surface area contributed by atoms with E-state index in [1.807, 2.05) is 6.92 Å². The fraction of sp³-hybridized carbons (Fsp3) is 0.250. The molecule has 0 heterocycles. The van der Waals surface area contributed by atoms with Crippen LogP contribution in [0.25, 0.3) is 0 Å². The van der Waals surface area contributed by atoms with Gasteiger partial charge in [0.05, 0.1) is 5.69 Å². The summed E-state index contributed by atoms with van der Waals surface area (Å²) >= 11 is 3.64. The third-order valence-corrected chi connectivity index (χ3v) is 3.97. The minimum atomic E-state index is 0.0501. The normalized spacial score (nSPS) is 12.3. The Morgan fingerprint density at radius 2 is 1.79 bits per heavy atom. The number of nitrogens with two attached hydrogens (primary N) is 1. The summed E-state index contributed by atoms with van der Waals surface area (Å²) in [6, 6.07) is 14.7. The molecule has 2 N–H and O–H groups in total. The molecule has 100 valence electrons. The number of para-hydroxylation sites is 1. The first-order chi connectivity index (χ1) is 9.00. The standard InChI is InChI=1S/C16H19BrN2/c1-11-6-4-5-7-15(11)19(3)16-9-8-13(12(2)18)10-14(16)17/h4-10,12H,18H2,1-3H3. The van der Waals surface area contributed by atoms with E-state index in [1.54, 1.807) is 0 Å². The van der Waals surface area contributed by atoms with Gasteiger partial charge in [-0.25, -0.2) is 0 Å². The van der Waals surface area contributed by atoms with Crippen LogP contribution in [-0.4, -0.2) is 7.05 Å². The van der Waals surface area contributed by atoms with Crippen LogP contribution in [0, 0.1) is 6.92 Å². The van der Waals surface area contributed by atoms with Gasteiger partial charge in [-0.1, -0.05) is 24.3 Å². The fourth-order valence-electron chi connectivity index (χ4n) is 2.15. The van der Waals surface area contributed by atoms with Crippen molar-refractivity contribution in [3.05, 3.63) is 58.1 Å². The van der Waals surface area contributed by atoms with Gasteiger partial charge >= 0.3 is 0 Å². The van der Waals surface area contributed by atoms with Crippen molar-refractivity contribution < 1.29 is 0 Å². The van der Waals surface area contributed by atoms with Crippen LogP contribution in [-0.2, 0) is 0 Å². The molecule has 0 bridgehead atoms. The first-order valence-corrected chi connectivity index (χ1v) is 7.14. The Balaban J connectivity index is 2.40. The lowest BCUT2D eigenvalue weighted by molar-refractivity contribution is 0.817. The molecule has 0 aromatic heterocycles. The number of nitrogens with zero attached hydrogens (tertiary/aromatic N) is 1. The maximum atomic E-state index is 5.91. The lowest BCUT2D eigenvalue weighted by atomic mass is 10.1. The fourth-order valence-corrected chi connectivity index (χ4v) is 2.81. The van der Waals surface area contributed by atoms with Crippen LogP contribution < -0.4 is 10.6 Å². The highest BCUT2D eigenvalue weighted by Crippen LogP contribution is 2.33. The van der Waals surface area contributed by atoms with Gasteiger partial charge in [0.25, 0.3) is 0 Å². The Bertz CT molecular complexity index is 579. The zero-order valence-corrected chi connectivity index (χ0v) is 13.1. The van der Waals surface area contributed by atoms with E-state index in [4.69, 9.17) is 5.73 Å². The van der Waals surface area contributed by atoms with E-state index in [9.17, 15) is 0 Å². The number of hydrogen-bond acceptors (Lipinski definition) is 2. The van der Waals surface area contributed by atoms with E-state index < -0.39 is 0 Å². The largest absolute Gasteiger partial charge is 0.343 e. The predicted octanol–water partition coefficient (Wildman–Crippen LogP) is 4.55. The first kappa shape index (κ1) is 14.1. The van der Waals surface area contributed by atoms with Gasteiger partial charge < -0.3 is 10.6 Å². The van der Waals surface area contributed by atoms with Gasteiger partial charge in [0.2, 0.25) is 0 Å². The van der Waals surface area contributed by atoms with Gasteiger partial charge in [-0.2, -0.15) is 0 Å². The average molecular weight is 319 g/mol. The minimum absolute atomic E-state index is 0.0501. The van der Waals surface area contributed by atoms with Crippen LogP contribution in [0.15, 0.2) is 46.9 Å². The van der Waals surface area contributed by atoms with E-state index in [0.29, 0.717) is 0 Å². The number of benzene rings is 2. The molecule has 0 saturated carbocycles. The van der Waals surface area contributed by atoms with Crippen molar-refractivity contribution in [2.45, 2.75) is 19.9 Å². The van der Waals surface area contributed by atoms with Gasteiger partial charge in [0, 0.05) is 23.2 Å². The lowest BCUT2D eigenvalue weighted by Gasteiger charge is -2.23. The molecule has 1 atom stereocenters.